The lowest BCUT2D eigenvalue weighted by Gasteiger charge is -2.07. The Bertz CT molecular complexity index is 488. The zero-order chi connectivity index (χ0) is 14.3. The number of esters is 1. The molecule has 1 aromatic carbocycles. The van der Waals surface area contributed by atoms with Gasteiger partial charge in [0.05, 0.1) is 18.7 Å². The minimum atomic E-state index is -0.435. The number of carbonyl (C=O) groups is 1. The standard InChI is InChI=1S/C12H14FN3O2S/c1-2-18-11(17)7-10(15-16-12(14)19)8-3-5-9(13)6-4-8/h3-6H,2,7H2,1H3,(H3,14,16,19)/b15-10-. The maximum absolute atomic E-state index is 12.9. The van der Waals surface area contributed by atoms with E-state index >= 15 is 0 Å². The van der Waals surface area contributed by atoms with Gasteiger partial charge in [-0.25, -0.2) is 4.39 Å². The van der Waals surface area contributed by atoms with Crippen LogP contribution in [-0.4, -0.2) is 23.4 Å². The first-order chi connectivity index (χ1) is 9.02. The molecular weight excluding hydrogens is 269 g/mol. The molecule has 0 heterocycles. The van der Waals surface area contributed by atoms with Gasteiger partial charge in [0, 0.05) is 0 Å². The number of thiocarbonyl (C=S) groups is 1. The summed E-state index contributed by atoms with van der Waals surface area (Å²) in [4.78, 5) is 11.5. The molecule has 0 radical (unpaired) electrons. The molecule has 0 fully saturated rings. The van der Waals surface area contributed by atoms with Gasteiger partial charge in [0.2, 0.25) is 0 Å². The number of hydrogen-bond acceptors (Lipinski definition) is 4. The first-order valence-corrected chi connectivity index (χ1v) is 5.97. The van der Waals surface area contributed by atoms with E-state index in [2.05, 4.69) is 22.7 Å². The van der Waals surface area contributed by atoms with Gasteiger partial charge in [0.15, 0.2) is 5.11 Å². The minimum Gasteiger partial charge on any atom is -0.466 e. The highest BCUT2D eigenvalue weighted by molar-refractivity contribution is 7.80. The molecule has 0 bridgehead atoms. The van der Waals surface area contributed by atoms with Crippen LogP contribution in [-0.2, 0) is 9.53 Å². The van der Waals surface area contributed by atoms with E-state index in [4.69, 9.17) is 10.5 Å². The Kier molecular flexibility index (Phi) is 5.87. The predicted molar refractivity (Wildman–Crippen MR) is 74.1 cm³/mol. The lowest BCUT2D eigenvalue weighted by atomic mass is 10.1. The molecule has 0 aromatic heterocycles. The number of hydrazone groups is 1. The largest absolute Gasteiger partial charge is 0.466 e. The Balaban J connectivity index is 2.91. The van der Waals surface area contributed by atoms with Gasteiger partial charge in [-0.15, -0.1) is 0 Å². The number of carbonyl (C=O) groups excluding carboxylic acids is 1. The fourth-order valence-electron chi connectivity index (χ4n) is 1.32. The summed E-state index contributed by atoms with van der Waals surface area (Å²) in [5.74, 6) is -0.808. The Morgan fingerprint density at radius 2 is 2.11 bits per heavy atom. The SMILES string of the molecule is CCOC(=O)C/C(=N/NC(N)=S)c1ccc(F)cc1. The molecule has 1 rings (SSSR count). The van der Waals surface area contributed by atoms with Gasteiger partial charge in [-0.1, -0.05) is 12.1 Å². The highest BCUT2D eigenvalue weighted by atomic mass is 32.1. The number of halogens is 1. The zero-order valence-corrected chi connectivity index (χ0v) is 11.2. The van der Waals surface area contributed by atoms with Crippen LogP contribution in [0.25, 0.3) is 0 Å². The van der Waals surface area contributed by atoms with Crippen molar-refractivity contribution >= 4 is 29.0 Å². The second kappa shape index (κ2) is 7.42. The molecule has 0 atom stereocenters. The molecule has 19 heavy (non-hydrogen) atoms. The lowest BCUT2D eigenvalue weighted by molar-refractivity contribution is -0.141. The molecule has 0 saturated heterocycles. The molecule has 0 saturated carbocycles. The Hall–Kier alpha value is -2.02. The van der Waals surface area contributed by atoms with E-state index in [0.717, 1.165) is 0 Å². The van der Waals surface area contributed by atoms with E-state index in [-0.39, 0.29) is 24.0 Å². The summed E-state index contributed by atoms with van der Waals surface area (Å²) >= 11 is 4.63. The van der Waals surface area contributed by atoms with E-state index in [9.17, 15) is 9.18 Å². The molecule has 7 heteroatoms. The normalized spacial score (nSPS) is 10.9. The van der Waals surface area contributed by atoms with Crippen LogP contribution in [0, 0.1) is 5.82 Å². The van der Waals surface area contributed by atoms with Gasteiger partial charge in [-0.3, -0.25) is 10.2 Å². The molecule has 3 N–H and O–H groups in total. The van der Waals surface area contributed by atoms with E-state index < -0.39 is 5.97 Å². The summed E-state index contributed by atoms with van der Waals surface area (Å²) in [5.41, 5.74) is 8.62. The number of nitrogens with one attached hydrogen (secondary N) is 1. The van der Waals surface area contributed by atoms with Crippen molar-refractivity contribution in [2.45, 2.75) is 13.3 Å². The third-order valence-electron chi connectivity index (χ3n) is 2.10. The number of ether oxygens (including phenoxy) is 1. The van der Waals surface area contributed by atoms with Crippen LogP contribution in [0.3, 0.4) is 0 Å². The number of nitrogens with zero attached hydrogens (tertiary/aromatic N) is 1. The third-order valence-corrected chi connectivity index (χ3v) is 2.19. The van der Waals surface area contributed by atoms with Crippen molar-refractivity contribution in [3.8, 4) is 0 Å². The number of hydrogen-bond donors (Lipinski definition) is 2. The van der Waals surface area contributed by atoms with Gasteiger partial charge < -0.3 is 10.5 Å². The second-order valence-corrected chi connectivity index (χ2v) is 3.96. The van der Waals surface area contributed by atoms with Crippen LogP contribution >= 0.6 is 12.2 Å². The van der Waals surface area contributed by atoms with Crippen LogP contribution in [0.2, 0.25) is 0 Å². The molecule has 5 nitrogen and oxygen atoms in total. The van der Waals surface area contributed by atoms with Crippen molar-refractivity contribution in [1.82, 2.24) is 5.43 Å². The highest BCUT2D eigenvalue weighted by Crippen LogP contribution is 2.07. The monoisotopic (exact) mass is 283 g/mol. The minimum absolute atomic E-state index is 0.0246. The number of rotatable bonds is 5. The van der Waals surface area contributed by atoms with Crippen molar-refractivity contribution in [3.05, 3.63) is 35.6 Å². The average molecular weight is 283 g/mol. The van der Waals surface area contributed by atoms with Gasteiger partial charge in [0.1, 0.15) is 5.82 Å². The smallest absolute Gasteiger partial charge is 0.311 e. The third kappa shape index (κ3) is 5.43. The van der Waals surface area contributed by atoms with Crippen molar-refractivity contribution in [2.24, 2.45) is 10.8 Å². The molecule has 0 amide bonds. The molecular formula is C12H14FN3O2S. The summed E-state index contributed by atoms with van der Waals surface area (Å²) in [7, 11) is 0. The summed E-state index contributed by atoms with van der Waals surface area (Å²) in [5, 5.41) is 3.90. The Labute approximate surface area is 115 Å². The second-order valence-electron chi connectivity index (χ2n) is 3.52. The zero-order valence-electron chi connectivity index (χ0n) is 10.4. The first-order valence-electron chi connectivity index (χ1n) is 5.56. The number of benzene rings is 1. The van der Waals surface area contributed by atoms with Crippen molar-refractivity contribution < 1.29 is 13.9 Å². The molecule has 0 unspecified atom stereocenters. The first kappa shape index (κ1) is 15.0. The summed E-state index contributed by atoms with van der Waals surface area (Å²) in [6.45, 7) is 1.98. The Morgan fingerprint density at radius 1 is 1.47 bits per heavy atom. The summed E-state index contributed by atoms with van der Waals surface area (Å²) < 4.78 is 17.7. The van der Waals surface area contributed by atoms with Crippen LogP contribution in [0.15, 0.2) is 29.4 Å². The maximum Gasteiger partial charge on any atom is 0.311 e. The molecule has 0 aliphatic rings. The Morgan fingerprint density at radius 3 is 2.63 bits per heavy atom. The van der Waals surface area contributed by atoms with Crippen LogP contribution in [0.5, 0.6) is 0 Å². The number of nitrogens with two attached hydrogens (primary N) is 1. The fourth-order valence-corrected chi connectivity index (χ4v) is 1.37. The summed E-state index contributed by atoms with van der Waals surface area (Å²) in [6, 6.07) is 5.57. The van der Waals surface area contributed by atoms with E-state index in [1.54, 1.807) is 6.92 Å². The van der Waals surface area contributed by atoms with E-state index in [0.29, 0.717) is 11.3 Å². The van der Waals surface area contributed by atoms with Gasteiger partial charge in [-0.05, 0) is 36.8 Å². The quantitative estimate of drug-likeness (QED) is 0.369. The van der Waals surface area contributed by atoms with Crippen molar-refractivity contribution in [2.75, 3.05) is 6.61 Å². The highest BCUT2D eigenvalue weighted by Gasteiger charge is 2.11. The van der Waals surface area contributed by atoms with Gasteiger partial charge in [0.25, 0.3) is 0 Å². The van der Waals surface area contributed by atoms with Crippen molar-refractivity contribution in [3.63, 3.8) is 0 Å². The fraction of sp³-hybridized carbons (Fsp3) is 0.250. The topological polar surface area (TPSA) is 76.7 Å². The van der Waals surface area contributed by atoms with E-state index in [1.807, 2.05) is 0 Å². The molecule has 0 aliphatic carbocycles. The molecule has 102 valence electrons. The van der Waals surface area contributed by atoms with Gasteiger partial charge >= 0.3 is 5.97 Å². The summed E-state index contributed by atoms with van der Waals surface area (Å²) in [6.07, 6.45) is -0.0604. The lowest BCUT2D eigenvalue weighted by Crippen LogP contribution is -2.26. The maximum atomic E-state index is 12.9. The van der Waals surface area contributed by atoms with Gasteiger partial charge in [-0.2, -0.15) is 5.10 Å². The molecule has 1 aromatic rings. The van der Waals surface area contributed by atoms with Crippen LogP contribution < -0.4 is 11.2 Å². The van der Waals surface area contributed by atoms with E-state index in [1.165, 1.54) is 24.3 Å². The van der Waals surface area contributed by atoms with Crippen LogP contribution in [0.1, 0.15) is 18.9 Å². The van der Waals surface area contributed by atoms with Crippen LogP contribution in [0.4, 0.5) is 4.39 Å². The molecule has 0 spiro atoms. The molecule has 0 aliphatic heterocycles. The average Bonchev–Trinajstić information content (AvgIpc) is 2.35. The van der Waals surface area contributed by atoms with Crippen molar-refractivity contribution in [1.29, 1.82) is 0 Å². The predicted octanol–water partition coefficient (Wildman–Crippen LogP) is 1.32.